The van der Waals surface area contributed by atoms with Crippen LogP contribution in [-0.2, 0) is 0 Å². The summed E-state index contributed by atoms with van der Waals surface area (Å²) in [6.45, 7) is 0.618. The maximum atomic E-state index is 4.40. The Hall–Kier alpha value is -2.88. The summed E-state index contributed by atoms with van der Waals surface area (Å²) in [7, 11) is 0. The first-order valence-corrected chi connectivity index (χ1v) is 6.80. The largest absolute Gasteiger partial charge is 0.250 e. The predicted molar refractivity (Wildman–Crippen MR) is 85.8 cm³/mol. The van der Waals surface area contributed by atoms with Crippen molar-refractivity contribution >= 4 is 12.4 Å². The van der Waals surface area contributed by atoms with E-state index < -0.39 is 0 Å². The first-order chi connectivity index (χ1) is 10.4. The van der Waals surface area contributed by atoms with E-state index in [-0.39, 0.29) is 0 Å². The van der Waals surface area contributed by atoms with E-state index in [0.717, 1.165) is 11.1 Å². The molecule has 1 heterocycles. The van der Waals surface area contributed by atoms with E-state index >= 15 is 0 Å². The summed E-state index contributed by atoms with van der Waals surface area (Å²) >= 11 is 0. The van der Waals surface area contributed by atoms with E-state index in [2.05, 4.69) is 10.2 Å². The molecular weight excluding hydrogens is 260 g/mol. The third-order valence-corrected chi connectivity index (χ3v) is 3.01. The molecular formula is C17H16N4. The van der Waals surface area contributed by atoms with Gasteiger partial charge in [-0.05, 0) is 11.1 Å². The summed E-state index contributed by atoms with van der Waals surface area (Å²) in [5.74, 6) is 0. The number of hydrogen-bond donors (Lipinski definition) is 0. The van der Waals surface area contributed by atoms with Gasteiger partial charge in [0.05, 0.1) is 12.4 Å². The third-order valence-electron chi connectivity index (χ3n) is 3.01. The fraction of sp³-hybridized carbons (Fsp3) is 0.0588. The molecule has 0 unspecified atom stereocenters. The lowest BCUT2D eigenvalue weighted by molar-refractivity contribution is 0.284. The molecule has 4 heteroatoms. The van der Waals surface area contributed by atoms with Crippen LogP contribution in [-0.4, -0.2) is 29.1 Å². The fourth-order valence-electron chi connectivity index (χ4n) is 1.91. The van der Waals surface area contributed by atoms with Crippen LogP contribution in [0.2, 0.25) is 0 Å². The van der Waals surface area contributed by atoms with Gasteiger partial charge in [0.1, 0.15) is 6.67 Å². The minimum Gasteiger partial charge on any atom is -0.250 e. The van der Waals surface area contributed by atoms with Gasteiger partial charge < -0.3 is 0 Å². The zero-order valence-corrected chi connectivity index (χ0v) is 11.6. The van der Waals surface area contributed by atoms with Gasteiger partial charge in [0.15, 0.2) is 0 Å². The maximum absolute atomic E-state index is 4.40. The quantitative estimate of drug-likeness (QED) is 0.803. The smallest absolute Gasteiger partial charge is 0.133 e. The Balaban J connectivity index is 1.56. The maximum Gasteiger partial charge on any atom is 0.133 e. The van der Waals surface area contributed by atoms with Crippen molar-refractivity contribution in [1.82, 2.24) is 10.0 Å². The molecule has 1 aliphatic heterocycles. The van der Waals surface area contributed by atoms with Crippen molar-refractivity contribution in [3.63, 3.8) is 0 Å². The van der Waals surface area contributed by atoms with Gasteiger partial charge in [-0.3, -0.25) is 0 Å². The van der Waals surface area contributed by atoms with Crippen LogP contribution in [0, 0.1) is 0 Å². The molecule has 0 radical (unpaired) electrons. The Kier molecular flexibility index (Phi) is 4.07. The van der Waals surface area contributed by atoms with Crippen molar-refractivity contribution in [2.45, 2.75) is 0 Å². The first kappa shape index (κ1) is 13.1. The molecule has 0 aromatic heterocycles. The number of nitrogens with zero attached hydrogens (tertiary/aromatic N) is 4. The van der Waals surface area contributed by atoms with E-state index in [0.29, 0.717) is 6.67 Å². The van der Waals surface area contributed by atoms with E-state index in [4.69, 9.17) is 0 Å². The molecule has 104 valence electrons. The standard InChI is InChI=1S/C17H16N4/c1-3-7-16(8-4-1)13-18-20-11-12-21(15-20)19-14-17-9-5-2-6-10-17/h1-14H,15H2. The third kappa shape index (κ3) is 3.79. The van der Waals surface area contributed by atoms with Crippen LogP contribution in [0.4, 0.5) is 0 Å². The van der Waals surface area contributed by atoms with Crippen LogP contribution in [0.3, 0.4) is 0 Å². The second-order valence-electron chi connectivity index (χ2n) is 4.63. The van der Waals surface area contributed by atoms with Gasteiger partial charge in [0.2, 0.25) is 0 Å². The van der Waals surface area contributed by atoms with Crippen LogP contribution < -0.4 is 0 Å². The van der Waals surface area contributed by atoms with Crippen molar-refractivity contribution in [2.75, 3.05) is 6.67 Å². The molecule has 0 bridgehead atoms. The first-order valence-electron chi connectivity index (χ1n) is 6.80. The van der Waals surface area contributed by atoms with Crippen LogP contribution in [0.15, 0.2) is 83.3 Å². The van der Waals surface area contributed by atoms with Crippen molar-refractivity contribution < 1.29 is 0 Å². The van der Waals surface area contributed by atoms with Crippen molar-refractivity contribution in [3.8, 4) is 0 Å². The topological polar surface area (TPSA) is 31.2 Å². The average molecular weight is 276 g/mol. The monoisotopic (exact) mass is 276 g/mol. The summed E-state index contributed by atoms with van der Waals surface area (Å²) < 4.78 is 0. The number of hydrazone groups is 2. The fourth-order valence-corrected chi connectivity index (χ4v) is 1.91. The van der Waals surface area contributed by atoms with Gasteiger partial charge in [-0.1, -0.05) is 60.7 Å². The van der Waals surface area contributed by atoms with Crippen LogP contribution in [0.1, 0.15) is 11.1 Å². The molecule has 0 spiro atoms. The molecule has 0 saturated heterocycles. The summed E-state index contributed by atoms with van der Waals surface area (Å²) in [6.07, 6.45) is 7.49. The average Bonchev–Trinajstić information content (AvgIpc) is 3.01. The second-order valence-corrected chi connectivity index (χ2v) is 4.63. The molecule has 0 atom stereocenters. The molecule has 3 rings (SSSR count). The lowest BCUT2D eigenvalue weighted by Gasteiger charge is -2.12. The molecule has 21 heavy (non-hydrogen) atoms. The van der Waals surface area contributed by atoms with Gasteiger partial charge in [-0.15, -0.1) is 0 Å². The summed E-state index contributed by atoms with van der Waals surface area (Å²) in [5.41, 5.74) is 2.16. The van der Waals surface area contributed by atoms with E-state index in [1.807, 2.05) is 95.5 Å². The lowest BCUT2D eigenvalue weighted by Crippen LogP contribution is -2.17. The molecule has 2 aromatic rings. The van der Waals surface area contributed by atoms with Gasteiger partial charge in [0.25, 0.3) is 0 Å². The number of hydrogen-bond acceptors (Lipinski definition) is 4. The highest BCUT2D eigenvalue weighted by Crippen LogP contribution is 2.08. The number of benzene rings is 2. The zero-order chi connectivity index (χ0) is 14.3. The molecule has 2 aromatic carbocycles. The molecule has 0 saturated carbocycles. The van der Waals surface area contributed by atoms with E-state index in [9.17, 15) is 0 Å². The Morgan fingerprint density at radius 2 is 1.10 bits per heavy atom. The molecule has 1 aliphatic rings. The summed E-state index contributed by atoms with van der Waals surface area (Å²) in [4.78, 5) is 0. The highest BCUT2D eigenvalue weighted by Gasteiger charge is 2.08. The summed E-state index contributed by atoms with van der Waals surface area (Å²) in [6, 6.07) is 20.1. The second kappa shape index (κ2) is 6.52. The Bertz CT molecular complexity index is 590. The highest BCUT2D eigenvalue weighted by atomic mass is 15.6. The Labute approximate surface area is 124 Å². The zero-order valence-electron chi connectivity index (χ0n) is 11.6. The minimum absolute atomic E-state index is 0.618. The minimum atomic E-state index is 0.618. The van der Waals surface area contributed by atoms with Crippen LogP contribution in [0.5, 0.6) is 0 Å². The van der Waals surface area contributed by atoms with Crippen molar-refractivity contribution in [1.29, 1.82) is 0 Å². The van der Waals surface area contributed by atoms with Crippen LogP contribution >= 0.6 is 0 Å². The van der Waals surface area contributed by atoms with Crippen LogP contribution in [0.25, 0.3) is 0 Å². The SMILES string of the molecule is C1=CN(N=Cc2ccccc2)CN1N=Cc1ccccc1. The van der Waals surface area contributed by atoms with Crippen molar-refractivity contribution in [2.24, 2.45) is 10.2 Å². The van der Waals surface area contributed by atoms with Gasteiger partial charge in [-0.2, -0.15) is 10.2 Å². The van der Waals surface area contributed by atoms with E-state index in [1.54, 1.807) is 0 Å². The van der Waals surface area contributed by atoms with Gasteiger partial charge in [0, 0.05) is 12.4 Å². The Morgan fingerprint density at radius 1 is 0.667 bits per heavy atom. The Morgan fingerprint density at radius 3 is 1.52 bits per heavy atom. The van der Waals surface area contributed by atoms with Crippen molar-refractivity contribution in [3.05, 3.63) is 84.2 Å². The normalized spacial score (nSPS) is 14.7. The van der Waals surface area contributed by atoms with E-state index in [1.165, 1.54) is 0 Å². The number of rotatable bonds is 4. The molecule has 0 amide bonds. The highest BCUT2D eigenvalue weighted by molar-refractivity contribution is 5.79. The molecule has 0 fully saturated rings. The predicted octanol–water partition coefficient (Wildman–Crippen LogP) is 3.10. The molecule has 4 nitrogen and oxygen atoms in total. The van der Waals surface area contributed by atoms with Gasteiger partial charge in [-0.25, -0.2) is 10.0 Å². The van der Waals surface area contributed by atoms with Gasteiger partial charge >= 0.3 is 0 Å². The lowest BCUT2D eigenvalue weighted by atomic mass is 10.2. The summed E-state index contributed by atoms with van der Waals surface area (Å²) in [5, 5.41) is 12.5. The molecule has 0 N–H and O–H groups in total. The molecule has 0 aliphatic carbocycles.